The third-order valence-corrected chi connectivity index (χ3v) is 2.95. The van der Waals surface area contributed by atoms with Gasteiger partial charge in [0.15, 0.2) is 0 Å². The molecule has 15 heavy (non-hydrogen) atoms. The minimum atomic E-state index is -0.618. The summed E-state index contributed by atoms with van der Waals surface area (Å²) in [5, 5.41) is 10.3. The molecule has 0 aliphatic rings. The van der Waals surface area contributed by atoms with E-state index in [0.29, 0.717) is 11.7 Å². The highest BCUT2D eigenvalue weighted by atomic mass is 32.2. The Labute approximate surface area is 96.9 Å². The number of hydrogen-bond acceptors (Lipinski definition) is 2. The number of aliphatic hydroxyl groups is 1. The average Bonchev–Trinajstić information content (AvgIpc) is 2.05. The lowest BCUT2D eigenvalue weighted by Crippen LogP contribution is -2.21. The van der Waals surface area contributed by atoms with E-state index in [1.807, 2.05) is 25.6 Å². The van der Waals surface area contributed by atoms with E-state index >= 15 is 0 Å². The van der Waals surface area contributed by atoms with Crippen molar-refractivity contribution in [3.63, 3.8) is 0 Å². The second-order valence-electron chi connectivity index (χ2n) is 4.80. The van der Waals surface area contributed by atoms with Crippen molar-refractivity contribution in [1.29, 1.82) is 0 Å². The van der Waals surface area contributed by atoms with Crippen LogP contribution in [0.25, 0.3) is 0 Å². The second kappa shape index (κ2) is 5.04. The van der Waals surface area contributed by atoms with Crippen molar-refractivity contribution >= 4 is 11.8 Å². The summed E-state index contributed by atoms with van der Waals surface area (Å²) in [4.78, 5) is 1.30. The Morgan fingerprint density at radius 3 is 2.13 bits per heavy atom. The van der Waals surface area contributed by atoms with Crippen molar-refractivity contribution in [1.82, 2.24) is 0 Å². The van der Waals surface area contributed by atoms with E-state index < -0.39 is 5.60 Å². The molecule has 0 aliphatic heterocycles. The van der Waals surface area contributed by atoms with E-state index in [2.05, 4.69) is 38.1 Å². The molecule has 1 aromatic carbocycles. The molecular weight excluding hydrogens is 204 g/mol. The molecule has 0 aromatic heterocycles. The molecule has 2 heteroatoms. The van der Waals surface area contributed by atoms with E-state index in [1.165, 1.54) is 10.5 Å². The fraction of sp³-hybridized carbons (Fsp3) is 0.538. The highest BCUT2D eigenvalue weighted by Gasteiger charge is 2.12. The summed E-state index contributed by atoms with van der Waals surface area (Å²) in [6.45, 7) is 8.05. The first-order valence-corrected chi connectivity index (χ1v) is 6.23. The van der Waals surface area contributed by atoms with Gasteiger partial charge in [0.2, 0.25) is 0 Å². The van der Waals surface area contributed by atoms with Crippen LogP contribution in [0.5, 0.6) is 0 Å². The lowest BCUT2D eigenvalue weighted by Gasteiger charge is -2.17. The summed E-state index contributed by atoms with van der Waals surface area (Å²) < 4.78 is 0. The van der Waals surface area contributed by atoms with E-state index in [9.17, 15) is 5.11 Å². The Hall–Kier alpha value is -0.470. The third kappa shape index (κ3) is 5.24. The molecule has 0 saturated carbocycles. The maximum Gasteiger partial charge on any atom is 0.0631 e. The normalized spacial score (nSPS) is 12.1. The van der Waals surface area contributed by atoms with Gasteiger partial charge in [-0.1, -0.05) is 26.0 Å². The van der Waals surface area contributed by atoms with Crippen LogP contribution in [0.1, 0.15) is 33.3 Å². The molecule has 0 amide bonds. The smallest absolute Gasteiger partial charge is 0.0631 e. The first-order chi connectivity index (χ1) is 6.87. The predicted molar refractivity (Wildman–Crippen MR) is 67.4 cm³/mol. The van der Waals surface area contributed by atoms with E-state index in [0.717, 1.165) is 0 Å². The first-order valence-electron chi connectivity index (χ1n) is 5.35. The molecule has 1 nitrogen and oxygen atoms in total. The van der Waals surface area contributed by atoms with Crippen molar-refractivity contribution in [2.45, 2.75) is 49.9 Å². The van der Waals surface area contributed by atoms with Crippen LogP contribution in [0, 0.1) is 0 Å². The molecule has 0 spiro atoms. The maximum atomic E-state index is 9.68. The quantitative estimate of drug-likeness (QED) is 0.790. The van der Waals surface area contributed by atoms with Gasteiger partial charge in [0.25, 0.3) is 0 Å². The van der Waals surface area contributed by atoms with Gasteiger partial charge in [-0.3, -0.25) is 0 Å². The molecule has 1 rings (SSSR count). The van der Waals surface area contributed by atoms with Gasteiger partial charge in [-0.2, -0.15) is 0 Å². The molecule has 0 heterocycles. The van der Waals surface area contributed by atoms with E-state index in [4.69, 9.17) is 0 Å². The van der Waals surface area contributed by atoms with Gasteiger partial charge in [-0.05, 0) is 31.5 Å². The van der Waals surface area contributed by atoms with Crippen molar-refractivity contribution in [3.8, 4) is 0 Å². The Balaban J connectivity index is 2.64. The molecule has 0 radical (unpaired) electrons. The Morgan fingerprint density at radius 2 is 1.73 bits per heavy atom. The first kappa shape index (κ1) is 12.6. The molecule has 1 N–H and O–H groups in total. The monoisotopic (exact) mass is 224 g/mol. The number of benzene rings is 1. The van der Waals surface area contributed by atoms with Crippen molar-refractivity contribution in [3.05, 3.63) is 29.8 Å². The SMILES string of the molecule is CC(C)Sc1ccc(CC(C)(C)O)cc1. The van der Waals surface area contributed by atoms with Crippen molar-refractivity contribution in [2.75, 3.05) is 0 Å². The molecule has 84 valence electrons. The third-order valence-electron chi connectivity index (χ3n) is 1.93. The number of rotatable bonds is 4. The number of thioether (sulfide) groups is 1. The number of hydrogen-bond donors (Lipinski definition) is 1. The van der Waals surface area contributed by atoms with Crippen LogP contribution in [0.2, 0.25) is 0 Å². The fourth-order valence-electron chi connectivity index (χ4n) is 1.46. The van der Waals surface area contributed by atoms with Crippen molar-refractivity contribution in [2.24, 2.45) is 0 Å². The predicted octanol–water partition coefficient (Wildman–Crippen LogP) is 3.50. The van der Waals surface area contributed by atoms with E-state index in [1.54, 1.807) is 0 Å². The van der Waals surface area contributed by atoms with Crippen LogP contribution in [0.4, 0.5) is 0 Å². The molecule has 0 aliphatic carbocycles. The van der Waals surface area contributed by atoms with Crippen LogP contribution in [-0.2, 0) is 6.42 Å². The van der Waals surface area contributed by atoms with Crippen LogP contribution < -0.4 is 0 Å². The molecule has 0 fully saturated rings. The summed E-state index contributed by atoms with van der Waals surface area (Å²) in [6, 6.07) is 8.46. The van der Waals surface area contributed by atoms with Crippen LogP contribution in [-0.4, -0.2) is 16.0 Å². The minimum Gasteiger partial charge on any atom is -0.390 e. The van der Waals surface area contributed by atoms with E-state index in [-0.39, 0.29) is 0 Å². The zero-order valence-electron chi connectivity index (χ0n) is 9.95. The molecule has 0 bridgehead atoms. The summed E-state index contributed by atoms with van der Waals surface area (Å²) in [6.07, 6.45) is 0.708. The van der Waals surface area contributed by atoms with Crippen molar-refractivity contribution < 1.29 is 5.11 Å². The molecule has 0 saturated heterocycles. The topological polar surface area (TPSA) is 20.2 Å². The van der Waals surface area contributed by atoms with Gasteiger partial charge in [-0.15, -0.1) is 11.8 Å². The highest BCUT2D eigenvalue weighted by Crippen LogP contribution is 2.23. The van der Waals surface area contributed by atoms with Gasteiger partial charge < -0.3 is 5.11 Å². The van der Waals surface area contributed by atoms with Gasteiger partial charge >= 0.3 is 0 Å². The van der Waals surface area contributed by atoms with Gasteiger partial charge in [-0.25, -0.2) is 0 Å². The Kier molecular flexibility index (Phi) is 4.23. The zero-order valence-corrected chi connectivity index (χ0v) is 10.8. The average molecular weight is 224 g/mol. The minimum absolute atomic E-state index is 0.616. The molecule has 0 atom stereocenters. The van der Waals surface area contributed by atoms with Crippen LogP contribution >= 0.6 is 11.8 Å². The summed E-state index contributed by atoms with van der Waals surface area (Å²) >= 11 is 1.86. The fourth-order valence-corrected chi connectivity index (χ4v) is 2.30. The van der Waals surface area contributed by atoms with Crippen LogP contribution in [0.3, 0.4) is 0 Å². The lowest BCUT2D eigenvalue weighted by atomic mass is 9.99. The van der Waals surface area contributed by atoms with Gasteiger partial charge in [0.05, 0.1) is 5.60 Å². The van der Waals surface area contributed by atoms with Crippen LogP contribution in [0.15, 0.2) is 29.2 Å². The molecule has 1 aromatic rings. The lowest BCUT2D eigenvalue weighted by molar-refractivity contribution is 0.0810. The Morgan fingerprint density at radius 1 is 1.20 bits per heavy atom. The Bertz CT molecular complexity index is 295. The summed E-state index contributed by atoms with van der Waals surface area (Å²) in [5.41, 5.74) is 0.572. The summed E-state index contributed by atoms with van der Waals surface area (Å²) in [5.74, 6) is 0. The second-order valence-corrected chi connectivity index (χ2v) is 6.45. The zero-order chi connectivity index (χ0) is 11.5. The largest absolute Gasteiger partial charge is 0.390 e. The molecule has 0 unspecified atom stereocenters. The van der Waals surface area contributed by atoms with Gasteiger partial charge in [0.1, 0.15) is 0 Å². The molecular formula is C13H20OS. The highest BCUT2D eigenvalue weighted by molar-refractivity contribution is 7.99. The maximum absolute atomic E-state index is 9.68. The standard InChI is InChI=1S/C13H20OS/c1-10(2)15-12-7-5-11(6-8-12)9-13(3,4)14/h5-8,10,14H,9H2,1-4H3. The van der Waals surface area contributed by atoms with Gasteiger partial charge in [0, 0.05) is 16.6 Å². The summed E-state index contributed by atoms with van der Waals surface area (Å²) in [7, 11) is 0.